The van der Waals surface area contributed by atoms with Gasteiger partial charge >= 0.3 is 30.9 Å². The Morgan fingerprint density at radius 3 is 1.14 bits per heavy atom. The second-order valence-corrected chi connectivity index (χ2v) is 1.54. The van der Waals surface area contributed by atoms with Crippen molar-refractivity contribution in [2.24, 2.45) is 0 Å². The fourth-order valence-corrected chi connectivity index (χ4v) is 0. The molecule has 0 aliphatic heterocycles. The molecule has 0 rings (SSSR count). The third-order valence-corrected chi connectivity index (χ3v) is 0. The molecule has 0 aromatic heterocycles. The van der Waals surface area contributed by atoms with Crippen molar-refractivity contribution in [3.05, 3.63) is 0 Å². The van der Waals surface area contributed by atoms with Gasteiger partial charge in [0, 0.05) is 0 Å². The Balaban J connectivity index is -0.0000000800. The van der Waals surface area contributed by atoms with Crippen molar-refractivity contribution in [2.75, 3.05) is 0 Å². The standard InChI is InChI=1S/Mg.H3O4P.H2S.2H/c;1-5(2,3)4;;;/h;(H3,1,2,3,4);1H2;;. The number of hydrogen-bond acceptors (Lipinski definition) is 1. The molecule has 0 radical (unpaired) electrons. The molecule has 0 aliphatic rings. The van der Waals surface area contributed by atoms with Crippen LogP contribution in [0.1, 0.15) is 0 Å². The molecule has 0 aromatic carbocycles. The number of phosphoric acid groups is 1. The molecule has 0 aliphatic carbocycles. The first kappa shape index (κ1) is 15.7. The Labute approximate surface area is 63.8 Å². The van der Waals surface area contributed by atoms with Gasteiger partial charge in [-0.15, -0.1) is 0 Å². The summed E-state index contributed by atoms with van der Waals surface area (Å²) in [5, 5.41) is 0. The first-order valence-electron chi connectivity index (χ1n) is 0.783. The highest BCUT2D eigenvalue weighted by Crippen LogP contribution is 2.25. The van der Waals surface area contributed by atoms with Gasteiger partial charge in [-0.3, -0.25) is 0 Å². The largest absolute Gasteiger partial charge is 0.466 e. The van der Waals surface area contributed by atoms with Gasteiger partial charge in [-0.2, -0.15) is 13.5 Å². The minimum absolute atomic E-state index is 0. The summed E-state index contributed by atoms with van der Waals surface area (Å²) in [6.45, 7) is 0. The van der Waals surface area contributed by atoms with Crippen molar-refractivity contribution in [1.82, 2.24) is 0 Å². The molecule has 3 N–H and O–H groups in total. The molecular weight excluding hydrogens is 151 g/mol. The van der Waals surface area contributed by atoms with Crippen molar-refractivity contribution >= 4 is 44.4 Å². The van der Waals surface area contributed by atoms with Crippen LogP contribution in [0.5, 0.6) is 0 Å². The van der Waals surface area contributed by atoms with E-state index in [-0.39, 0.29) is 36.5 Å². The summed E-state index contributed by atoms with van der Waals surface area (Å²) in [4.78, 5) is 21.6. The van der Waals surface area contributed by atoms with Crippen LogP contribution in [0.2, 0.25) is 0 Å². The van der Waals surface area contributed by atoms with Crippen molar-refractivity contribution < 1.29 is 19.2 Å². The molecular formula is H7MgO4PS. The van der Waals surface area contributed by atoms with Crippen LogP contribution >= 0.6 is 21.3 Å². The maximum Gasteiger partial charge on any atom is 0.466 e. The lowest BCUT2D eigenvalue weighted by molar-refractivity contribution is 0.275. The zero-order chi connectivity index (χ0) is 4.50. The molecule has 4 nitrogen and oxygen atoms in total. The topological polar surface area (TPSA) is 77.8 Å². The van der Waals surface area contributed by atoms with Crippen molar-refractivity contribution in [1.29, 1.82) is 0 Å². The Morgan fingerprint density at radius 1 is 1.14 bits per heavy atom. The average molecular weight is 158 g/mol. The van der Waals surface area contributed by atoms with Crippen LogP contribution in [0, 0.1) is 0 Å². The summed E-state index contributed by atoms with van der Waals surface area (Å²) >= 11 is 0. The summed E-state index contributed by atoms with van der Waals surface area (Å²) < 4.78 is 8.88. The molecule has 7 heteroatoms. The quantitative estimate of drug-likeness (QED) is 0.289. The van der Waals surface area contributed by atoms with Crippen LogP contribution in [0.25, 0.3) is 0 Å². The molecule has 44 valence electrons. The summed E-state index contributed by atoms with van der Waals surface area (Å²) in [5.41, 5.74) is 0. The summed E-state index contributed by atoms with van der Waals surface area (Å²) in [5.74, 6) is 0. The van der Waals surface area contributed by atoms with Gasteiger partial charge in [0.05, 0.1) is 0 Å². The normalized spacial score (nSPS) is 8.43. The molecule has 0 saturated carbocycles. The predicted octanol–water partition coefficient (Wildman–Crippen LogP) is -1.73. The highest BCUT2D eigenvalue weighted by atomic mass is 32.1. The highest BCUT2D eigenvalue weighted by Gasteiger charge is 2.00. The number of hydrogen-bond donors (Lipinski definition) is 3. The second kappa shape index (κ2) is 5.36. The van der Waals surface area contributed by atoms with Crippen LogP contribution < -0.4 is 0 Å². The first-order chi connectivity index (χ1) is 2.00. The molecule has 0 bridgehead atoms. The molecule has 0 atom stereocenters. The fourth-order valence-electron chi connectivity index (χ4n) is 0. The van der Waals surface area contributed by atoms with Crippen LogP contribution in [0.3, 0.4) is 0 Å². The highest BCUT2D eigenvalue weighted by molar-refractivity contribution is 7.59. The van der Waals surface area contributed by atoms with Crippen molar-refractivity contribution in [3.63, 3.8) is 0 Å². The Morgan fingerprint density at radius 2 is 1.14 bits per heavy atom. The zero-order valence-electron chi connectivity index (χ0n) is 2.70. The summed E-state index contributed by atoms with van der Waals surface area (Å²) in [6, 6.07) is 0. The average Bonchev–Trinajstić information content (AvgIpc) is 0.722. The second-order valence-electron chi connectivity index (χ2n) is 0.513. The fraction of sp³-hybridized carbons (Fsp3) is 0. The lowest BCUT2D eigenvalue weighted by Gasteiger charge is -1.82. The summed E-state index contributed by atoms with van der Waals surface area (Å²) in [7, 11) is -4.64. The van der Waals surface area contributed by atoms with E-state index in [4.69, 9.17) is 19.2 Å². The van der Waals surface area contributed by atoms with E-state index in [0.717, 1.165) is 0 Å². The van der Waals surface area contributed by atoms with Crippen LogP contribution in [0.15, 0.2) is 0 Å². The molecule has 7 heavy (non-hydrogen) atoms. The Hall–Kier alpha value is 1.23. The van der Waals surface area contributed by atoms with E-state index >= 15 is 0 Å². The molecule has 0 spiro atoms. The van der Waals surface area contributed by atoms with Crippen molar-refractivity contribution in [2.45, 2.75) is 0 Å². The predicted molar refractivity (Wildman–Crippen MR) is 33.2 cm³/mol. The van der Waals surface area contributed by atoms with E-state index in [1.54, 1.807) is 0 Å². The number of rotatable bonds is 0. The zero-order valence-corrected chi connectivity index (χ0v) is 4.59. The Bertz CT molecular complexity index is 57.8. The van der Waals surface area contributed by atoms with Crippen molar-refractivity contribution in [3.8, 4) is 0 Å². The lowest BCUT2D eigenvalue weighted by Crippen LogP contribution is -1.66. The van der Waals surface area contributed by atoms with Crippen LogP contribution in [-0.2, 0) is 4.57 Å². The van der Waals surface area contributed by atoms with Gasteiger partial charge < -0.3 is 14.7 Å². The molecule has 0 saturated heterocycles. The third kappa shape index (κ3) is 131. The van der Waals surface area contributed by atoms with Crippen LogP contribution in [-0.4, -0.2) is 37.7 Å². The Kier molecular flexibility index (Phi) is 12.1. The van der Waals surface area contributed by atoms with Gasteiger partial charge in [0.2, 0.25) is 0 Å². The van der Waals surface area contributed by atoms with Gasteiger partial charge in [-0.1, -0.05) is 0 Å². The van der Waals surface area contributed by atoms with Gasteiger partial charge in [-0.25, -0.2) is 4.57 Å². The van der Waals surface area contributed by atoms with E-state index < -0.39 is 7.82 Å². The molecule has 0 heterocycles. The van der Waals surface area contributed by atoms with Gasteiger partial charge in [-0.05, 0) is 0 Å². The maximum atomic E-state index is 8.88. The van der Waals surface area contributed by atoms with E-state index in [9.17, 15) is 0 Å². The van der Waals surface area contributed by atoms with Gasteiger partial charge in [0.15, 0.2) is 0 Å². The smallest absolute Gasteiger partial charge is 0.303 e. The SMILES string of the molecule is O=P(O)(O)O.S.[MgH2]. The van der Waals surface area contributed by atoms with E-state index in [2.05, 4.69) is 0 Å². The first-order valence-corrected chi connectivity index (χ1v) is 2.35. The summed E-state index contributed by atoms with van der Waals surface area (Å²) in [6.07, 6.45) is 0. The van der Waals surface area contributed by atoms with Gasteiger partial charge in [0.25, 0.3) is 0 Å². The minimum Gasteiger partial charge on any atom is -0.303 e. The lowest BCUT2D eigenvalue weighted by atomic mass is 15.8. The van der Waals surface area contributed by atoms with E-state index in [1.807, 2.05) is 0 Å². The maximum absolute atomic E-state index is 8.88. The minimum atomic E-state index is -4.64. The monoisotopic (exact) mass is 158 g/mol. The van der Waals surface area contributed by atoms with E-state index in [1.165, 1.54) is 0 Å². The molecule has 0 fully saturated rings. The molecule has 0 amide bonds. The third-order valence-electron chi connectivity index (χ3n) is 0. The van der Waals surface area contributed by atoms with E-state index in [0.29, 0.717) is 0 Å². The van der Waals surface area contributed by atoms with Gasteiger partial charge in [0.1, 0.15) is 0 Å². The van der Waals surface area contributed by atoms with Crippen LogP contribution in [0.4, 0.5) is 0 Å². The molecule has 0 unspecified atom stereocenters. The molecule has 0 aromatic rings.